The van der Waals surface area contributed by atoms with Crippen molar-refractivity contribution in [3.8, 4) is 0 Å². The van der Waals surface area contributed by atoms with E-state index in [1.165, 1.54) is 50.3 Å². The van der Waals surface area contributed by atoms with Crippen LogP contribution in [0.5, 0.6) is 0 Å². The van der Waals surface area contributed by atoms with Crippen LogP contribution in [0.25, 0.3) is 6.08 Å². The third-order valence-electron chi connectivity index (χ3n) is 3.80. The molecule has 0 spiro atoms. The molecule has 1 fully saturated rings. The van der Waals surface area contributed by atoms with E-state index in [1.54, 1.807) is 18.2 Å². The normalized spacial score (nSPS) is 16.0. The van der Waals surface area contributed by atoms with E-state index in [0.717, 1.165) is 6.54 Å². The first-order valence-corrected chi connectivity index (χ1v) is 7.35. The van der Waals surface area contributed by atoms with E-state index < -0.39 is 4.92 Å². The molecular formula is C16H20N2O3. The second kappa shape index (κ2) is 7.57. The fourth-order valence-corrected chi connectivity index (χ4v) is 2.61. The van der Waals surface area contributed by atoms with E-state index in [2.05, 4.69) is 5.32 Å². The first kappa shape index (κ1) is 15.2. The molecule has 112 valence electrons. The van der Waals surface area contributed by atoms with Crippen LogP contribution in [0.1, 0.15) is 37.7 Å². The van der Waals surface area contributed by atoms with Gasteiger partial charge in [-0.05, 0) is 30.4 Å². The molecule has 5 heteroatoms. The summed E-state index contributed by atoms with van der Waals surface area (Å²) in [5.74, 6) is 0.445. The van der Waals surface area contributed by atoms with Crippen molar-refractivity contribution in [2.75, 3.05) is 6.54 Å². The second-order valence-electron chi connectivity index (χ2n) is 5.43. The average molecular weight is 288 g/mol. The quantitative estimate of drug-likeness (QED) is 0.513. The van der Waals surface area contributed by atoms with Crippen LogP contribution in [0.3, 0.4) is 0 Å². The Kier molecular flexibility index (Phi) is 5.49. The summed E-state index contributed by atoms with van der Waals surface area (Å²) in [6, 6.07) is 6.22. The van der Waals surface area contributed by atoms with Crippen molar-refractivity contribution >= 4 is 17.7 Å². The number of nitro benzene ring substituents is 1. The standard InChI is InChI=1S/C16H20N2O3/c19-16(17-12-14-5-2-1-3-6-14)10-9-13-7-4-8-15(11-13)18(20)21/h4,7-11,14H,1-3,5-6,12H2,(H,17,19)/b10-9+. The summed E-state index contributed by atoms with van der Waals surface area (Å²) in [5, 5.41) is 13.6. The van der Waals surface area contributed by atoms with Gasteiger partial charge in [0.05, 0.1) is 4.92 Å². The van der Waals surface area contributed by atoms with Gasteiger partial charge in [-0.2, -0.15) is 0 Å². The molecule has 0 radical (unpaired) electrons. The minimum absolute atomic E-state index is 0.0276. The van der Waals surface area contributed by atoms with Gasteiger partial charge in [-0.3, -0.25) is 14.9 Å². The number of carbonyl (C=O) groups is 1. The summed E-state index contributed by atoms with van der Waals surface area (Å²) in [6.45, 7) is 0.720. The summed E-state index contributed by atoms with van der Waals surface area (Å²) in [6.07, 6.45) is 9.22. The number of nitrogens with one attached hydrogen (secondary N) is 1. The van der Waals surface area contributed by atoms with Crippen molar-refractivity contribution in [3.63, 3.8) is 0 Å². The van der Waals surface area contributed by atoms with Crippen LogP contribution in [0.4, 0.5) is 5.69 Å². The van der Waals surface area contributed by atoms with Gasteiger partial charge in [-0.15, -0.1) is 0 Å². The number of nitrogens with zero attached hydrogens (tertiary/aromatic N) is 1. The summed E-state index contributed by atoms with van der Waals surface area (Å²) >= 11 is 0. The van der Waals surface area contributed by atoms with E-state index in [4.69, 9.17) is 0 Å². The molecular weight excluding hydrogens is 268 g/mol. The molecule has 5 nitrogen and oxygen atoms in total. The lowest BCUT2D eigenvalue weighted by Crippen LogP contribution is -2.28. The Morgan fingerprint density at radius 2 is 2.10 bits per heavy atom. The van der Waals surface area contributed by atoms with E-state index in [9.17, 15) is 14.9 Å². The Morgan fingerprint density at radius 1 is 1.33 bits per heavy atom. The third kappa shape index (κ3) is 5.02. The van der Waals surface area contributed by atoms with Gasteiger partial charge in [0, 0.05) is 24.8 Å². The molecule has 0 saturated heterocycles. The van der Waals surface area contributed by atoms with E-state index in [1.807, 2.05) is 0 Å². The van der Waals surface area contributed by atoms with Gasteiger partial charge in [0.2, 0.25) is 5.91 Å². The Balaban J connectivity index is 1.83. The highest BCUT2D eigenvalue weighted by atomic mass is 16.6. The van der Waals surface area contributed by atoms with Gasteiger partial charge >= 0.3 is 0 Å². The van der Waals surface area contributed by atoms with Gasteiger partial charge in [0.25, 0.3) is 5.69 Å². The van der Waals surface area contributed by atoms with Crippen LogP contribution >= 0.6 is 0 Å². The zero-order valence-electron chi connectivity index (χ0n) is 12.0. The number of non-ortho nitro benzene ring substituents is 1. The first-order chi connectivity index (χ1) is 10.1. The molecule has 1 saturated carbocycles. The van der Waals surface area contributed by atoms with Crippen molar-refractivity contribution in [3.05, 3.63) is 46.0 Å². The molecule has 0 bridgehead atoms. The fraction of sp³-hybridized carbons (Fsp3) is 0.438. The van der Waals surface area contributed by atoms with Crippen LogP contribution in [-0.2, 0) is 4.79 Å². The topological polar surface area (TPSA) is 72.2 Å². The zero-order valence-corrected chi connectivity index (χ0v) is 12.0. The van der Waals surface area contributed by atoms with Crippen LogP contribution in [-0.4, -0.2) is 17.4 Å². The highest BCUT2D eigenvalue weighted by Crippen LogP contribution is 2.22. The minimum Gasteiger partial charge on any atom is -0.352 e. The number of benzene rings is 1. The number of hydrogen-bond acceptors (Lipinski definition) is 3. The molecule has 1 amide bonds. The van der Waals surface area contributed by atoms with E-state index in [0.29, 0.717) is 11.5 Å². The lowest BCUT2D eigenvalue weighted by atomic mass is 9.89. The number of rotatable bonds is 5. The number of carbonyl (C=O) groups excluding carboxylic acids is 1. The Bertz CT molecular complexity index is 534. The molecule has 1 aliphatic carbocycles. The van der Waals surface area contributed by atoms with E-state index >= 15 is 0 Å². The highest BCUT2D eigenvalue weighted by molar-refractivity contribution is 5.91. The number of hydrogen-bond donors (Lipinski definition) is 1. The van der Waals surface area contributed by atoms with Crippen molar-refractivity contribution in [2.45, 2.75) is 32.1 Å². The second-order valence-corrected chi connectivity index (χ2v) is 5.43. The molecule has 0 aromatic heterocycles. The van der Waals surface area contributed by atoms with Gasteiger partial charge in [-0.25, -0.2) is 0 Å². The Morgan fingerprint density at radius 3 is 2.81 bits per heavy atom. The molecule has 1 aromatic rings. The van der Waals surface area contributed by atoms with Crippen molar-refractivity contribution in [1.29, 1.82) is 0 Å². The summed E-state index contributed by atoms with van der Waals surface area (Å²) in [5.41, 5.74) is 0.678. The molecule has 1 N–H and O–H groups in total. The van der Waals surface area contributed by atoms with Gasteiger partial charge in [0.1, 0.15) is 0 Å². The van der Waals surface area contributed by atoms with Crippen LogP contribution in [0.15, 0.2) is 30.3 Å². The predicted molar refractivity (Wildman–Crippen MR) is 81.7 cm³/mol. The lowest BCUT2D eigenvalue weighted by molar-refractivity contribution is -0.384. The fourth-order valence-electron chi connectivity index (χ4n) is 2.61. The molecule has 0 heterocycles. The van der Waals surface area contributed by atoms with Gasteiger partial charge < -0.3 is 5.32 Å². The maximum absolute atomic E-state index is 11.7. The van der Waals surface area contributed by atoms with Crippen LogP contribution < -0.4 is 5.32 Å². The third-order valence-corrected chi connectivity index (χ3v) is 3.80. The molecule has 0 unspecified atom stereocenters. The Hall–Kier alpha value is -2.17. The number of amides is 1. The SMILES string of the molecule is O=C(/C=C/c1cccc([N+](=O)[O-])c1)NCC1CCCCC1. The van der Waals surface area contributed by atoms with Crippen LogP contribution in [0, 0.1) is 16.0 Å². The van der Waals surface area contributed by atoms with Crippen molar-refractivity contribution in [1.82, 2.24) is 5.32 Å². The first-order valence-electron chi connectivity index (χ1n) is 7.35. The zero-order chi connectivity index (χ0) is 15.1. The molecule has 1 aliphatic rings. The maximum Gasteiger partial charge on any atom is 0.270 e. The molecule has 21 heavy (non-hydrogen) atoms. The van der Waals surface area contributed by atoms with Gasteiger partial charge in [-0.1, -0.05) is 31.4 Å². The maximum atomic E-state index is 11.7. The van der Waals surface area contributed by atoms with Gasteiger partial charge in [0.15, 0.2) is 0 Å². The summed E-state index contributed by atoms with van der Waals surface area (Å²) < 4.78 is 0. The van der Waals surface area contributed by atoms with Crippen molar-refractivity contribution < 1.29 is 9.72 Å². The average Bonchev–Trinajstić information content (AvgIpc) is 2.52. The smallest absolute Gasteiger partial charge is 0.270 e. The molecule has 0 atom stereocenters. The highest BCUT2D eigenvalue weighted by Gasteiger charge is 2.13. The monoisotopic (exact) mass is 288 g/mol. The summed E-state index contributed by atoms with van der Waals surface area (Å²) in [4.78, 5) is 22.0. The van der Waals surface area contributed by atoms with Crippen molar-refractivity contribution in [2.24, 2.45) is 5.92 Å². The van der Waals surface area contributed by atoms with E-state index in [-0.39, 0.29) is 11.6 Å². The molecule has 0 aliphatic heterocycles. The lowest BCUT2D eigenvalue weighted by Gasteiger charge is -2.21. The van der Waals surface area contributed by atoms with Crippen LogP contribution in [0.2, 0.25) is 0 Å². The Labute approximate surface area is 124 Å². The summed E-state index contributed by atoms with van der Waals surface area (Å²) in [7, 11) is 0. The minimum atomic E-state index is -0.444. The molecule has 1 aromatic carbocycles. The largest absolute Gasteiger partial charge is 0.352 e. The molecule has 2 rings (SSSR count). The number of nitro groups is 1. The predicted octanol–water partition coefficient (Wildman–Crippen LogP) is 3.30.